The predicted molar refractivity (Wildman–Crippen MR) is 49.6 cm³/mol. The lowest BCUT2D eigenvalue weighted by atomic mass is 9.94. The minimum Gasteiger partial charge on any atom is -0.314 e. The molecule has 0 heterocycles. The van der Waals surface area contributed by atoms with Gasteiger partial charge >= 0.3 is 0 Å². The van der Waals surface area contributed by atoms with Gasteiger partial charge in [0.2, 0.25) is 0 Å². The lowest BCUT2D eigenvalue weighted by Gasteiger charge is -2.14. The first-order chi connectivity index (χ1) is 5.24. The zero-order valence-electron chi connectivity index (χ0n) is 8.06. The molecule has 1 aliphatic carbocycles. The maximum Gasteiger partial charge on any atom is 0.00697 e. The summed E-state index contributed by atoms with van der Waals surface area (Å²) in [5.41, 5.74) is 0. The molecule has 1 rings (SSSR count). The van der Waals surface area contributed by atoms with Crippen LogP contribution in [0.4, 0.5) is 0 Å². The molecule has 0 aromatic rings. The van der Waals surface area contributed by atoms with Crippen molar-refractivity contribution in [1.29, 1.82) is 0 Å². The van der Waals surface area contributed by atoms with Crippen LogP contribution in [-0.2, 0) is 0 Å². The van der Waals surface area contributed by atoms with Gasteiger partial charge in [-0.05, 0) is 37.6 Å². The van der Waals surface area contributed by atoms with E-state index in [9.17, 15) is 0 Å². The Bertz CT molecular complexity index is 109. The first-order valence-corrected chi connectivity index (χ1v) is 4.97. The minimum atomic E-state index is 0.826. The van der Waals surface area contributed by atoms with Crippen LogP contribution < -0.4 is 5.32 Å². The third-order valence-corrected chi connectivity index (χ3v) is 2.91. The highest BCUT2D eigenvalue weighted by Crippen LogP contribution is 2.31. The highest BCUT2D eigenvalue weighted by atomic mass is 14.9. The Hall–Kier alpha value is -0.0400. The minimum absolute atomic E-state index is 0.826. The average molecular weight is 155 g/mol. The second-order valence-electron chi connectivity index (χ2n) is 4.07. The summed E-state index contributed by atoms with van der Waals surface area (Å²) in [7, 11) is 0. The Morgan fingerprint density at radius 1 is 1.36 bits per heavy atom. The van der Waals surface area contributed by atoms with Crippen LogP contribution in [0.1, 0.15) is 40.0 Å². The maximum absolute atomic E-state index is 3.53. The molecule has 1 heteroatoms. The summed E-state index contributed by atoms with van der Waals surface area (Å²) in [6.45, 7) is 8.02. The normalized spacial score (nSPS) is 31.6. The van der Waals surface area contributed by atoms with Crippen LogP contribution in [0.5, 0.6) is 0 Å². The van der Waals surface area contributed by atoms with E-state index >= 15 is 0 Å². The molecule has 0 aromatic heterocycles. The van der Waals surface area contributed by atoms with E-state index in [0.29, 0.717) is 0 Å². The molecule has 0 aromatic carbocycles. The van der Waals surface area contributed by atoms with E-state index in [1.165, 1.54) is 19.3 Å². The van der Waals surface area contributed by atoms with Crippen LogP contribution in [0, 0.1) is 11.8 Å². The molecule has 1 saturated carbocycles. The van der Waals surface area contributed by atoms with Crippen LogP contribution in [0.2, 0.25) is 0 Å². The van der Waals surface area contributed by atoms with Crippen LogP contribution in [0.3, 0.4) is 0 Å². The fraction of sp³-hybridized carbons (Fsp3) is 1.00. The second kappa shape index (κ2) is 4.10. The summed E-state index contributed by atoms with van der Waals surface area (Å²) < 4.78 is 0. The van der Waals surface area contributed by atoms with Crippen LogP contribution in [0.25, 0.3) is 0 Å². The maximum atomic E-state index is 3.53. The monoisotopic (exact) mass is 155 g/mol. The first-order valence-electron chi connectivity index (χ1n) is 4.97. The van der Waals surface area contributed by atoms with E-state index in [1.54, 1.807) is 0 Å². The zero-order valence-corrected chi connectivity index (χ0v) is 8.06. The Kier molecular flexibility index (Phi) is 3.38. The molecule has 0 bridgehead atoms. The lowest BCUT2D eigenvalue weighted by Crippen LogP contribution is -2.26. The number of nitrogens with one attached hydrogen (secondary N) is 1. The molecule has 2 atom stereocenters. The standard InChI is InChI=1S/C10H21N/c1-4-11-10-6-5-9(7-10)8(2)3/h8-11H,4-7H2,1-3H3/t9-,10?/m0/s1. The molecule has 0 radical (unpaired) electrons. The van der Waals surface area contributed by atoms with Crippen molar-refractivity contribution >= 4 is 0 Å². The SMILES string of the molecule is CCNC1CC[C@H](C(C)C)C1. The lowest BCUT2D eigenvalue weighted by molar-refractivity contribution is 0.383. The smallest absolute Gasteiger partial charge is 0.00697 e. The van der Waals surface area contributed by atoms with Gasteiger partial charge in [-0.1, -0.05) is 20.8 Å². The van der Waals surface area contributed by atoms with Gasteiger partial charge < -0.3 is 5.32 Å². The molecule has 1 unspecified atom stereocenters. The summed E-state index contributed by atoms with van der Waals surface area (Å²) >= 11 is 0. The van der Waals surface area contributed by atoms with Gasteiger partial charge in [-0.15, -0.1) is 0 Å². The average Bonchev–Trinajstić information content (AvgIpc) is 2.37. The van der Waals surface area contributed by atoms with Crippen molar-refractivity contribution in [2.75, 3.05) is 6.54 Å². The van der Waals surface area contributed by atoms with Crippen LogP contribution in [0.15, 0.2) is 0 Å². The van der Waals surface area contributed by atoms with Crippen molar-refractivity contribution in [3.63, 3.8) is 0 Å². The molecule has 11 heavy (non-hydrogen) atoms. The molecule has 1 nitrogen and oxygen atoms in total. The van der Waals surface area contributed by atoms with Gasteiger partial charge in [0.15, 0.2) is 0 Å². The van der Waals surface area contributed by atoms with Gasteiger partial charge in [0.05, 0.1) is 0 Å². The van der Waals surface area contributed by atoms with Crippen LogP contribution in [-0.4, -0.2) is 12.6 Å². The van der Waals surface area contributed by atoms with E-state index in [4.69, 9.17) is 0 Å². The first kappa shape index (κ1) is 9.05. The third-order valence-electron chi connectivity index (χ3n) is 2.91. The Morgan fingerprint density at radius 2 is 2.09 bits per heavy atom. The molecule has 0 aliphatic heterocycles. The van der Waals surface area contributed by atoms with Crippen molar-refractivity contribution in [1.82, 2.24) is 5.32 Å². The third kappa shape index (κ3) is 2.48. The highest BCUT2D eigenvalue weighted by Gasteiger charge is 2.25. The zero-order chi connectivity index (χ0) is 8.27. The largest absolute Gasteiger partial charge is 0.314 e. The van der Waals surface area contributed by atoms with Gasteiger partial charge in [0.1, 0.15) is 0 Å². The summed E-state index contributed by atoms with van der Waals surface area (Å²) in [4.78, 5) is 0. The van der Waals surface area contributed by atoms with Gasteiger partial charge in [-0.3, -0.25) is 0 Å². The van der Waals surface area contributed by atoms with Gasteiger partial charge in [-0.2, -0.15) is 0 Å². The molecule has 0 amide bonds. The number of rotatable bonds is 3. The summed E-state index contributed by atoms with van der Waals surface area (Å²) in [5.74, 6) is 1.87. The second-order valence-corrected chi connectivity index (χ2v) is 4.07. The van der Waals surface area contributed by atoms with Crippen molar-refractivity contribution in [3.8, 4) is 0 Å². The van der Waals surface area contributed by atoms with Gasteiger partial charge in [-0.25, -0.2) is 0 Å². The molecule has 66 valence electrons. The predicted octanol–water partition coefficient (Wildman–Crippen LogP) is 2.42. The number of hydrogen-bond acceptors (Lipinski definition) is 1. The van der Waals surface area contributed by atoms with E-state index in [-0.39, 0.29) is 0 Å². The molecule has 0 spiro atoms. The molecular formula is C10H21N. The van der Waals surface area contributed by atoms with Gasteiger partial charge in [0, 0.05) is 6.04 Å². The summed E-state index contributed by atoms with van der Waals surface area (Å²) in [5, 5.41) is 3.53. The van der Waals surface area contributed by atoms with Crippen molar-refractivity contribution in [3.05, 3.63) is 0 Å². The summed E-state index contributed by atoms with van der Waals surface area (Å²) in [6.07, 6.45) is 4.25. The Morgan fingerprint density at radius 3 is 2.55 bits per heavy atom. The van der Waals surface area contributed by atoms with E-state index < -0.39 is 0 Å². The van der Waals surface area contributed by atoms with Crippen molar-refractivity contribution < 1.29 is 0 Å². The summed E-state index contributed by atoms with van der Waals surface area (Å²) in [6, 6.07) is 0.826. The van der Waals surface area contributed by atoms with Crippen molar-refractivity contribution in [2.45, 2.75) is 46.1 Å². The van der Waals surface area contributed by atoms with Crippen LogP contribution >= 0.6 is 0 Å². The van der Waals surface area contributed by atoms with E-state index in [2.05, 4.69) is 26.1 Å². The molecule has 0 saturated heterocycles. The molecule has 1 N–H and O–H groups in total. The molecular weight excluding hydrogens is 134 g/mol. The molecule has 1 aliphatic rings. The van der Waals surface area contributed by atoms with Crippen molar-refractivity contribution in [2.24, 2.45) is 11.8 Å². The van der Waals surface area contributed by atoms with E-state index in [1.807, 2.05) is 0 Å². The quantitative estimate of drug-likeness (QED) is 0.660. The van der Waals surface area contributed by atoms with Gasteiger partial charge in [0.25, 0.3) is 0 Å². The number of hydrogen-bond donors (Lipinski definition) is 1. The highest BCUT2D eigenvalue weighted by molar-refractivity contribution is 4.81. The fourth-order valence-corrected chi connectivity index (χ4v) is 2.10. The molecule has 1 fully saturated rings. The Balaban J connectivity index is 2.23. The fourth-order valence-electron chi connectivity index (χ4n) is 2.10. The Labute approximate surface area is 70.6 Å². The topological polar surface area (TPSA) is 12.0 Å². The van der Waals surface area contributed by atoms with E-state index in [0.717, 1.165) is 24.4 Å².